The van der Waals surface area contributed by atoms with Gasteiger partial charge in [-0.2, -0.15) is 10.5 Å². The van der Waals surface area contributed by atoms with E-state index < -0.39 is 0 Å². The zero-order valence-electron chi connectivity index (χ0n) is 22.6. The Labute approximate surface area is 249 Å². The molecule has 0 aliphatic rings. The smallest absolute Gasteiger partial charge is 0.135 e. The fourth-order valence-corrected chi connectivity index (χ4v) is 7.88. The molecule has 43 heavy (non-hydrogen) atoms. The number of hydrogen-bond acceptors (Lipinski definition) is 4. The summed E-state index contributed by atoms with van der Waals surface area (Å²) in [5.41, 5.74) is 8.39. The second kappa shape index (κ2) is 8.81. The van der Waals surface area contributed by atoms with Gasteiger partial charge in [-0.1, -0.05) is 60.7 Å². The highest BCUT2D eigenvalue weighted by Crippen LogP contribution is 2.46. The van der Waals surface area contributed by atoms with Crippen molar-refractivity contribution in [1.82, 2.24) is 4.57 Å². The first-order valence-electron chi connectivity index (χ1n) is 14.0. The Morgan fingerprint density at radius 1 is 0.581 bits per heavy atom. The van der Waals surface area contributed by atoms with Gasteiger partial charge in [-0.15, -0.1) is 11.3 Å². The second-order valence-electron chi connectivity index (χ2n) is 10.7. The fraction of sp³-hybridized carbons (Fsp3) is 0. The minimum Gasteiger partial charge on any atom is -0.456 e. The van der Waals surface area contributed by atoms with Crippen LogP contribution in [-0.4, -0.2) is 4.57 Å². The van der Waals surface area contributed by atoms with Crippen molar-refractivity contribution in [3.8, 4) is 29.0 Å². The molecule has 0 aliphatic heterocycles. The first kappa shape index (κ1) is 23.8. The largest absolute Gasteiger partial charge is 0.456 e. The van der Waals surface area contributed by atoms with Gasteiger partial charge in [-0.3, -0.25) is 0 Å². The summed E-state index contributed by atoms with van der Waals surface area (Å²) < 4.78 is 10.5. The molecule has 0 bridgehead atoms. The summed E-state index contributed by atoms with van der Waals surface area (Å²) in [5, 5.41) is 26.3. The Morgan fingerprint density at radius 3 is 2.26 bits per heavy atom. The number of fused-ring (bicyclic) bond motifs is 9. The van der Waals surface area contributed by atoms with Gasteiger partial charge in [-0.05, 0) is 65.7 Å². The van der Waals surface area contributed by atoms with Gasteiger partial charge in [0, 0.05) is 32.3 Å². The van der Waals surface area contributed by atoms with Crippen molar-refractivity contribution in [3.63, 3.8) is 0 Å². The lowest BCUT2D eigenvalue weighted by Crippen LogP contribution is -1.93. The van der Waals surface area contributed by atoms with E-state index >= 15 is 0 Å². The average Bonchev–Trinajstić information content (AvgIpc) is 3.73. The molecule has 3 heterocycles. The van der Waals surface area contributed by atoms with E-state index in [4.69, 9.17) is 4.42 Å². The van der Waals surface area contributed by atoms with Crippen LogP contribution in [0.15, 0.2) is 120 Å². The lowest BCUT2D eigenvalue weighted by Gasteiger charge is -2.10. The standard InChI is InChI=1S/C38H19N3OS/c39-20-22-12-16-32-29(18-22)26-6-1-3-9-31(26)41(32)33-10-5-8-28-36-25(15-13-24(21-40)37(36)43-38(28)33)23-14-17-35-30(19-23)27-7-2-4-11-34(27)42-35/h1-19H. The predicted octanol–water partition coefficient (Wildman–Crippen LogP) is 10.5. The Bertz CT molecular complexity index is 2710. The number of nitriles is 2. The fourth-order valence-electron chi connectivity index (χ4n) is 6.59. The zero-order chi connectivity index (χ0) is 28.7. The third-order valence-electron chi connectivity index (χ3n) is 8.48. The molecule has 0 fully saturated rings. The molecule has 0 radical (unpaired) electrons. The molecule has 3 aromatic heterocycles. The number of furan rings is 1. The summed E-state index contributed by atoms with van der Waals surface area (Å²) in [6.07, 6.45) is 0. The summed E-state index contributed by atoms with van der Waals surface area (Å²) in [6.45, 7) is 0. The molecule has 9 rings (SSSR count). The molecule has 198 valence electrons. The molecule has 0 aliphatic carbocycles. The maximum absolute atomic E-state index is 10.2. The number of benzene rings is 6. The highest BCUT2D eigenvalue weighted by Gasteiger charge is 2.20. The predicted molar refractivity (Wildman–Crippen MR) is 176 cm³/mol. The molecule has 0 amide bonds. The Balaban J connectivity index is 1.37. The van der Waals surface area contributed by atoms with Crippen LogP contribution in [0.2, 0.25) is 0 Å². The van der Waals surface area contributed by atoms with Crippen molar-refractivity contribution in [2.24, 2.45) is 0 Å². The van der Waals surface area contributed by atoms with E-state index in [0.717, 1.165) is 80.7 Å². The third kappa shape index (κ3) is 3.29. The average molecular weight is 566 g/mol. The molecule has 6 aromatic carbocycles. The molecule has 0 spiro atoms. The van der Waals surface area contributed by atoms with Crippen LogP contribution in [0.4, 0.5) is 0 Å². The van der Waals surface area contributed by atoms with Gasteiger partial charge in [-0.25, -0.2) is 0 Å². The van der Waals surface area contributed by atoms with Gasteiger partial charge in [0.05, 0.1) is 43.3 Å². The second-order valence-corrected chi connectivity index (χ2v) is 11.8. The first-order valence-corrected chi connectivity index (χ1v) is 14.8. The van der Waals surface area contributed by atoms with E-state index in [0.29, 0.717) is 11.1 Å². The molecule has 0 saturated carbocycles. The molecule has 0 unspecified atom stereocenters. The lowest BCUT2D eigenvalue weighted by atomic mass is 9.96. The highest BCUT2D eigenvalue weighted by atomic mass is 32.1. The van der Waals surface area contributed by atoms with E-state index in [1.54, 1.807) is 11.3 Å². The third-order valence-corrected chi connectivity index (χ3v) is 9.74. The van der Waals surface area contributed by atoms with Crippen molar-refractivity contribution in [2.45, 2.75) is 0 Å². The maximum atomic E-state index is 10.2. The van der Waals surface area contributed by atoms with E-state index in [2.05, 4.69) is 77.4 Å². The van der Waals surface area contributed by atoms with Gasteiger partial charge in [0.25, 0.3) is 0 Å². The minimum atomic E-state index is 0.640. The monoisotopic (exact) mass is 565 g/mol. The Morgan fingerprint density at radius 2 is 1.37 bits per heavy atom. The van der Waals surface area contributed by atoms with Crippen molar-refractivity contribution in [2.75, 3.05) is 0 Å². The number of nitrogens with zero attached hydrogens (tertiary/aromatic N) is 3. The molecule has 0 atom stereocenters. The zero-order valence-corrected chi connectivity index (χ0v) is 23.4. The number of aromatic nitrogens is 1. The summed E-state index contributed by atoms with van der Waals surface area (Å²) in [5.74, 6) is 0. The van der Waals surface area contributed by atoms with Gasteiger partial charge in [0.2, 0.25) is 0 Å². The summed E-state index contributed by atoms with van der Waals surface area (Å²) in [4.78, 5) is 0. The van der Waals surface area contributed by atoms with Crippen LogP contribution in [0.3, 0.4) is 0 Å². The van der Waals surface area contributed by atoms with E-state index in [1.165, 1.54) is 0 Å². The number of para-hydroxylation sites is 2. The van der Waals surface area contributed by atoms with Gasteiger partial charge in [0.15, 0.2) is 0 Å². The molecular formula is C38H19N3OS. The number of rotatable bonds is 2. The highest BCUT2D eigenvalue weighted by molar-refractivity contribution is 7.26. The Kier molecular flexibility index (Phi) is 4.87. The maximum Gasteiger partial charge on any atom is 0.135 e. The van der Waals surface area contributed by atoms with Crippen LogP contribution >= 0.6 is 11.3 Å². The lowest BCUT2D eigenvalue weighted by molar-refractivity contribution is 0.669. The van der Waals surface area contributed by atoms with Crippen LogP contribution in [0, 0.1) is 22.7 Å². The van der Waals surface area contributed by atoms with E-state index in [9.17, 15) is 10.5 Å². The molecule has 4 nitrogen and oxygen atoms in total. The van der Waals surface area contributed by atoms with Crippen molar-refractivity contribution in [3.05, 3.63) is 126 Å². The van der Waals surface area contributed by atoms with Gasteiger partial charge < -0.3 is 8.98 Å². The van der Waals surface area contributed by atoms with E-state index in [1.807, 2.05) is 54.6 Å². The topological polar surface area (TPSA) is 65.7 Å². The number of hydrogen-bond donors (Lipinski definition) is 0. The minimum absolute atomic E-state index is 0.640. The quantitative estimate of drug-likeness (QED) is 0.209. The van der Waals surface area contributed by atoms with Crippen LogP contribution in [0.5, 0.6) is 0 Å². The van der Waals surface area contributed by atoms with Crippen LogP contribution in [-0.2, 0) is 0 Å². The normalized spacial score (nSPS) is 11.7. The molecule has 0 N–H and O–H groups in total. The van der Waals surface area contributed by atoms with Crippen LogP contribution in [0.1, 0.15) is 11.1 Å². The Hall–Kier alpha value is -5.88. The van der Waals surface area contributed by atoms with Crippen LogP contribution in [0.25, 0.3) is 80.7 Å². The number of thiophene rings is 1. The summed E-state index contributed by atoms with van der Waals surface area (Å²) in [7, 11) is 0. The molecule has 9 aromatic rings. The van der Waals surface area contributed by atoms with Gasteiger partial charge in [0.1, 0.15) is 17.2 Å². The molecule has 0 saturated heterocycles. The SMILES string of the molecule is N#Cc1ccc2c(c1)c1ccccc1n2-c1cccc2c1sc1c(C#N)ccc(-c3ccc4oc5ccccc5c4c3)c12. The first-order chi connectivity index (χ1) is 21.2. The van der Waals surface area contributed by atoms with Crippen LogP contribution < -0.4 is 0 Å². The van der Waals surface area contributed by atoms with Crippen molar-refractivity contribution < 1.29 is 4.42 Å². The summed E-state index contributed by atoms with van der Waals surface area (Å²) in [6, 6.07) is 43.9. The van der Waals surface area contributed by atoms with E-state index in [-0.39, 0.29) is 0 Å². The van der Waals surface area contributed by atoms with Crippen molar-refractivity contribution >= 4 is 75.3 Å². The van der Waals surface area contributed by atoms with Crippen molar-refractivity contribution in [1.29, 1.82) is 10.5 Å². The molecular weight excluding hydrogens is 547 g/mol. The van der Waals surface area contributed by atoms with Gasteiger partial charge >= 0.3 is 0 Å². The molecule has 5 heteroatoms. The summed E-state index contributed by atoms with van der Waals surface area (Å²) >= 11 is 1.66.